The van der Waals surface area contributed by atoms with Crippen LogP contribution in [0, 0.1) is 5.41 Å². The van der Waals surface area contributed by atoms with Gasteiger partial charge in [0.25, 0.3) is 0 Å². The summed E-state index contributed by atoms with van der Waals surface area (Å²) in [6.07, 6.45) is 1.00. The summed E-state index contributed by atoms with van der Waals surface area (Å²) >= 11 is 1.98. The summed E-state index contributed by atoms with van der Waals surface area (Å²) in [5.74, 6) is -0.444. The van der Waals surface area contributed by atoms with Crippen molar-refractivity contribution in [1.29, 1.82) is 0 Å². The normalized spacial score (nSPS) is 22.0. The van der Waals surface area contributed by atoms with E-state index in [1.54, 1.807) is 31.2 Å². The zero-order chi connectivity index (χ0) is 19.1. The molecule has 0 radical (unpaired) electrons. The first-order valence-corrected chi connectivity index (χ1v) is 9.61. The highest BCUT2D eigenvalue weighted by Crippen LogP contribution is 2.50. The van der Waals surface area contributed by atoms with Crippen LogP contribution in [0.25, 0.3) is 0 Å². The van der Waals surface area contributed by atoms with Crippen LogP contribution in [0.15, 0.2) is 44.9 Å². The van der Waals surface area contributed by atoms with Crippen molar-refractivity contribution < 1.29 is 24.2 Å². The molecule has 1 N–H and O–H groups in total. The van der Waals surface area contributed by atoms with Crippen molar-refractivity contribution in [1.82, 2.24) is 0 Å². The van der Waals surface area contributed by atoms with E-state index in [4.69, 9.17) is 9.47 Å². The maximum atomic E-state index is 13.0. The standard InChI is InChI=1S/C20H21IO5/c1-4-25-19(24)17-15(11-6-5-7-12(22)8-11)16-13(23)9-20(2,3)10-14(16)26-18(17)21/h5-8,15,22H,4,9-10H2,1-3H3. The van der Waals surface area contributed by atoms with E-state index in [0.717, 1.165) is 0 Å². The second kappa shape index (κ2) is 7.06. The second-order valence-electron chi connectivity index (χ2n) is 7.32. The Labute approximate surface area is 166 Å². The summed E-state index contributed by atoms with van der Waals surface area (Å²) in [6, 6.07) is 6.64. The molecule has 1 aliphatic heterocycles. The van der Waals surface area contributed by atoms with Gasteiger partial charge in [-0.25, -0.2) is 4.79 Å². The number of hydrogen-bond acceptors (Lipinski definition) is 5. The van der Waals surface area contributed by atoms with Crippen LogP contribution in [-0.4, -0.2) is 23.5 Å². The zero-order valence-corrected chi connectivity index (χ0v) is 17.1. The Morgan fingerprint density at radius 3 is 2.77 bits per heavy atom. The van der Waals surface area contributed by atoms with Gasteiger partial charge in [0.2, 0.25) is 0 Å². The highest BCUT2D eigenvalue weighted by Gasteiger charge is 2.45. The molecule has 6 heteroatoms. The fraction of sp³-hybridized carbons (Fsp3) is 0.400. The van der Waals surface area contributed by atoms with E-state index in [1.165, 1.54) is 0 Å². The van der Waals surface area contributed by atoms with Gasteiger partial charge < -0.3 is 14.6 Å². The molecule has 26 heavy (non-hydrogen) atoms. The van der Waals surface area contributed by atoms with Crippen molar-refractivity contribution in [2.45, 2.75) is 39.5 Å². The van der Waals surface area contributed by atoms with Gasteiger partial charge in [-0.05, 0) is 30.0 Å². The van der Waals surface area contributed by atoms with E-state index < -0.39 is 11.9 Å². The number of Topliss-reactive ketones (excluding diaryl/α,β-unsaturated/α-hetero) is 1. The van der Waals surface area contributed by atoms with Gasteiger partial charge in [-0.1, -0.05) is 26.0 Å². The van der Waals surface area contributed by atoms with Gasteiger partial charge in [0.1, 0.15) is 11.5 Å². The molecule has 1 aromatic rings. The Hall–Kier alpha value is -1.83. The fourth-order valence-electron chi connectivity index (χ4n) is 3.56. The quantitative estimate of drug-likeness (QED) is 0.528. The van der Waals surface area contributed by atoms with Gasteiger partial charge in [0.05, 0.1) is 18.1 Å². The van der Waals surface area contributed by atoms with E-state index in [-0.39, 0.29) is 23.6 Å². The number of ketones is 1. The number of rotatable bonds is 3. The number of ether oxygens (including phenoxy) is 2. The molecule has 0 amide bonds. The van der Waals surface area contributed by atoms with E-state index >= 15 is 0 Å². The molecule has 1 unspecified atom stereocenters. The Balaban J connectivity index is 2.18. The fourth-order valence-corrected chi connectivity index (χ4v) is 4.35. The third-order valence-corrected chi connectivity index (χ3v) is 5.38. The molecule has 0 fully saturated rings. The van der Waals surface area contributed by atoms with Crippen LogP contribution in [-0.2, 0) is 19.1 Å². The molecule has 5 nitrogen and oxygen atoms in total. The van der Waals surface area contributed by atoms with Gasteiger partial charge in [-0.3, -0.25) is 4.79 Å². The number of phenolic OH excluding ortho intramolecular Hbond substituents is 1. The van der Waals surface area contributed by atoms with Gasteiger partial charge in [0.15, 0.2) is 9.55 Å². The average Bonchev–Trinajstić information content (AvgIpc) is 2.52. The van der Waals surface area contributed by atoms with Crippen LogP contribution < -0.4 is 0 Å². The first-order chi connectivity index (χ1) is 12.2. The van der Waals surface area contributed by atoms with Crippen molar-refractivity contribution >= 4 is 34.3 Å². The smallest absolute Gasteiger partial charge is 0.339 e. The van der Waals surface area contributed by atoms with Gasteiger partial charge in [0, 0.05) is 41.0 Å². The Bertz CT molecular complexity index is 834. The van der Waals surface area contributed by atoms with Crippen molar-refractivity contribution in [3.8, 4) is 5.75 Å². The molecule has 0 aromatic heterocycles. The molecule has 0 saturated carbocycles. The predicted octanol–water partition coefficient (Wildman–Crippen LogP) is 4.36. The Morgan fingerprint density at radius 1 is 1.38 bits per heavy atom. The SMILES string of the molecule is CCOC(=O)C1=C(I)OC2=C(C(=O)CC(C)(C)C2)C1c1cccc(O)c1. The van der Waals surface area contributed by atoms with E-state index in [0.29, 0.717) is 39.1 Å². The monoisotopic (exact) mass is 468 g/mol. The maximum Gasteiger partial charge on any atom is 0.339 e. The minimum absolute atomic E-state index is 0.0321. The average molecular weight is 468 g/mol. The minimum atomic E-state index is -0.597. The highest BCUT2D eigenvalue weighted by atomic mass is 127. The molecule has 1 aromatic carbocycles. The molecule has 138 valence electrons. The zero-order valence-electron chi connectivity index (χ0n) is 15.0. The Kier molecular flexibility index (Phi) is 5.14. The number of halogens is 1. The predicted molar refractivity (Wildman–Crippen MR) is 105 cm³/mol. The first-order valence-electron chi connectivity index (χ1n) is 8.53. The minimum Gasteiger partial charge on any atom is -0.508 e. The molecule has 2 aliphatic rings. The molecular weight excluding hydrogens is 447 g/mol. The van der Waals surface area contributed by atoms with E-state index in [9.17, 15) is 14.7 Å². The number of phenols is 1. The lowest BCUT2D eigenvalue weighted by Gasteiger charge is -2.37. The number of benzene rings is 1. The molecule has 0 spiro atoms. The van der Waals surface area contributed by atoms with Crippen LogP contribution >= 0.6 is 22.6 Å². The summed E-state index contributed by atoms with van der Waals surface area (Å²) in [5, 5.41) is 9.92. The maximum absolute atomic E-state index is 13.0. The van der Waals surface area contributed by atoms with Crippen LogP contribution in [0.4, 0.5) is 0 Å². The number of carbonyl (C=O) groups is 2. The number of esters is 1. The largest absolute Gasteiger partial charge is 0.508 e. The lowest BCUT2D eigenvalue weighted by atomic mass is 9.70. The molecule has 0 saturated heterocycles. The first kappa shape index (κ1) is 18.9. The summed E-state index contributed by atoms with van der Waals surface area (Å²) in [7, 11) is 0. The summed E-state index contributed by atoms with van der Waals surface area (Å²) < 4.78 is 11.5. The molecule has 1 heterocycles. The highest BCUT2D eigenvalue weighted by molar-refractivity contribution is 14.1. The van der Waals surface area contributed by atoms with E-state index in [2.05, 4.69) is 0 Å². The molecule has 3 rings (SSSR count). The lowest BCUT2D eigenvalue weighted by Crippen LogP contribution is -2.33. The summed E-state index contributed by atoms with van der Waals surface area (Å²) in [5.41, 5.74) is 1.28. The number of carbonyl (C=O) groups excluding carboxylic acids is 2. The molecule has 1 atom stereocenters. The summed E-state index contributed by atoms with van der Waals surface area (Å²) in [6.45, 7) is 6.01. The van der Waals surface area contributed by atoms with Crippen molar-refractivity contribution in [3.63, 3.8) is 0 Å². The number of allylic oxidation sites excluding steroid dienone is 2. The van der Waals surface area contributed by atoms with Crippen LogP contribution in [0.2, 0.25) is 0 Å². The van der Waals surface area contributed by atoms with Crippen LogP contribution in [0.3, 0.4) is 0 Å². The topological polar surface area (TPSA) is 72.8 Å². The lowest BCUT2D eigenvalue weighted by molar-refractivity contribution is -0.139. The molecule has 1 aliphatic carbocycles. The van der Waals surface area contributed by atoms with Gasteiger partial charge in [-0.2, -0.15) is 0 Å². The number of hydrogen-bond donors (Lipinski definition) is 1. The third-order valence-electron chi connectivity index (χ3n) is 4.58. The van der Waals surface area contributed by atoms with Crippen molar-refractivity contribution in [2.24, 2.45) is 5.41 Å². The van der Waals surface area contributed by atoms with Gasteiger partial charge >= 0.3 is 5.97 Å². The second-order valence-corrected chi connectivity index (χ2v) is 8.30. The molecular formula is C20H21IO5. The van der Waals surface area contributed by atoms with E-state index in [1.807, 2.05) is 36.4 Å². The summed E-state index contributed by atoms with van der Waals surface area (Å²) in [4.78, 5) is 25.6. The van der Waals surface area contributed by atoms with Crippen molar-refractivity contribution in [2.75, 3.05) is 6.61 Å². The van der Waals surface area contributed by atoms with Gasteiger partial charge in [-0.15, -0.1) is 0 Å². The molecule has 0 bridgehead atoms. The third kappa shape index (κ3) is 3.51. The van der Waals surface area contributed by atoms with Crippen LogP contribution in [0.5, 0.6) is 5.75 Å². The number of aromatic hydroxyl groups is 1. The van der Waals surface area contributed by atoms with Crippen molar-refractivity contribution in [3.05, 3.63) is 50.5 Å². The van der Waals surface area contributed by atoms with Crippen LogP contribution in [0.1, 0.15) is 45.1 Å². The Morgan fingerprint density at radius 2 is 2.12 bits per heavy atom.